The van der Waals surface area contributed by atoms with E-state index in [4.69, 9.17) is 0 Å². The molecule has 0 nitrogen and oxygen atoms in total. The van der Waals surface area contributed by atoms with Crippen LogP contribution in [-0.2, 0) is 0 Å². The van der Waals surface area contributed by atoms with Crippen LogP contribution in [0.1, 0.15) is 0 Å². The van der Waals surface area contributed by atoms with Crippen molar-refractivity contribution in [1.82, 2.24) is 0 Å². The van der Waals surface area contributed by atoms with Crippen LogP contribution in [0.2, 0.25) is 2.42 Å². The van der Waals surface area contributed by atoms with Crippen molar-refractivity contribution in [2.45, 2.75) is 2.42 Å². The number of hydrogen-bond donors (Lipinski definition) is 0. The van der Waals surface area contributed by atoms with Crippen molar-refractivity contribution in [2.75, 3.05) is 0 Å². The summed E-state index contributed by atoms with van der Waals surface area (Å²) in [6.45, 7) is 0. The van der Waals surface area contributed by atoms with Crippen molar-refractivity contribution >= 4 is 49.5 Å². The fraction of sp³-hybridized carbons (Fsp3) is 1.00. The molecule has 0 saturated heterocycles. The van der Waals surface area contributed by atoms with E-state index in [0.717, 1.165) is 2.42 Å². The molecule has 0 atom stereocenters. The van der Waals surface area contributed by atoms with Crippen LogP contribution in [0.25, 0.3) is 0 Å². The Morgan fingerprint density at radius 3 is 1.00 bits per heavy atom. The van der Waals surface area contributed by atoms with E-state index in [1.165, 1.54) is 0 Å². The molecule has 0 aromatic heterocycles. The third kappa shape index (κ3) is 9.45. The Balaban J connectivity index is 2.32. The minimum atomic E-state index is 0.833. The summed E-state index contributed by atoms with van der Waals surface area (Å²) in [5.74, 6) is 0. The predicted octanol–water partition coefficient (Wildman–Crippen LogP) is -0.805. The Bertz CT molecular complexity index is 8.00. The summed E-state index contributed by atoms with van der Waals surface area (Å²) in [5.41, 5.74) is 0. The van der Waals surface area contributed by atoms with Gasteiger partial charge in [-0.15, -0.1) is 0 Å². The first-order valence-corrected chi connectivity index (χ1v) is 4.50. The zero-order valence-corrected chi connectivity index (χ0v) is 8.37. The van der Waals surface area contributed by atoms with Crippen LogP contribution in [0.5, 0.6) is 0 Å². The molecule has 0 aliphatic heterocycles. The molecule has 0 amide bonds. The standard InChI is InChI=1S/CHGe3/c2-1(3)4/h1H. The molecule has 0 bridgehead atoms. The molecular weight excluding hydrogens is 230 g/mol. The Labute approximate surface area is 51.8 Å². The van der Waals surface area contributed by atoms with E-state index in [1.54, 1.807) is 0 Å². The van der Waals surface area contributed by atoms with Gasteiger partial charge < -0.3 is 0 Å². The summed E-state index contributed by atoms with van der Waals surface area (Å²) in [4.78, 5) is 0. The van der Waals surface area contributed by atoms with Crippen LogP contribution in [0.15, 0.2) is 0 Å². The zero-order chi connectivity index (χ0) is 3.58. The van der Waals surface area contributed by atoms with E-state index in [0.29, 0.717) is 0 Å². The van der Waals surface area contributed by atoms with E-state index in [2.05, 4.69) is 49.5 Å². The van der Waals surface area contributed by atoms with Crippen molar-refractivity contribution in [1.29, 1.82) is 0 Å². The van der Waals surface area contributed by atoms with Crippen LogP contribution < -0.4 is 0 Å². The van der Waals surface area contributed by atoms with Crippen LogP contribution in [-0.4, -0.2) is 49.5 Å². The van der Waals surface area contributed by atoms with Gasteiger partial charge in [0.2, 0.25) is 0 Å². The summed E-state index contributed by atoms with van der Waals surface area (Å²) in [6, 6.07) is 0. The van der Waals surface area contributed by atoms with Crippen molar-refractivity contribution in [3.05, 3.63) is 0 Å². The van der Waals surface area contributed by atoms with Gasteiger partial charge in [-0.3, -0.25) is 0 Å². The second kappa shape index (κ2) is 2.84. The topological polar surface area (TPSA) is 0 Å². The molecule has 17 valence electrons. The van der Waals surface area contributed by atoms with Crippen molar-refractivity contribution < 1.29 is 0 Å². The van der Waals surface area contributed by atoms with Crippen molar-refractivity contribution in [2.24, 2.45) is 0 Å². The fourth-order valence-corrected chi connectivity index (χ4v) is 0. The minimum absolute atomic E-state index is 0.833. The van der Waals surface area contributed by atoms with Crippen LogP contribution >= 0.6 is 0 Å². The van der Waals surface area contributed by atoms with Gasteiger partial charge in [0.15, 0.2) is 0 Å². The van der Waals surface area contributed by atoms with Gasteiger partial charge in [-0.2, -0.15) is 0 Å². The second-order valence-corrected chi connectivity index (χ2v) is 11.7. The summed E-state index contributed by atoms with van der Waals surface area (Å²) in [7, 11) is 0. The molecule has 0 heterocycles. The van der Waals surface area contributed by atoms with E-state index < -0.39 is 0 Å². The molecule has 9 radical (unpaired) electrons. The quantitative estimate of drug-likeness (QED) is 0.478. The Hall–Kier alpha value is 1.63. The van der Waals surface area contributed by atoms with Gasteiger partial charge in [-0.1, -0.05) is 0 Å². The number of rotatable bonds is 0. The van der Waals surface area contributed by atoms with Gasteiger partial charge in [0.1, 0.15) is 0 Å². The predicted molar refractivity (Wildman–Crippen MR) is 21.0 cm³/mol. The molecule has 0 N–H and O–H groups in total. The third-order valence-electron chi connectivity index (χ3n) is 0. The van der Waals surface area contributed by atoms with Crippen LogP contribution in [0.3, 0.4) is 0 Å². The average molecular weight is 231 g/mol. The van der Waals surface area contributed by atoms with Gasteiger partial charge in [0.05, 0.1) is 0 Å². The van der Waals surface area contributed by atoms with Crippen LogP contribution in [0.4, 0.5) is 0 Å². The molecule has 0 spiro atoms. The Kier molecular flexibility index (Phi) is 4.00. The molecule has 0 aromatic carbocycles. The Morgan fingerprint density at radius 2 is 1.00 bits per heavy atom. The maximum atomic E-state index is 2.17. The normalized spacial score (nSPS) is 9.00. The molecule has 0 rings (SSSR count). The monoisotopic (exact) mass is 235 g/mol. The molecule has 4 heavy (non-hydrogen) atoms. The molecule has 3 heteroatoms. The third-order valence-corrected chi connectivity index (χ3v) is 0. The summed E-state index contributed by atoms with van der Waals surface area (Å²) < 4.78 is 0.833. The first-order chi connectivity index (χ1) is 1.73. The molecule has 0 saturated carbocycles. The molecule has 0 unspecified atom stereocenters. The first kappa shape index (κ1) is 5.63. The molecule has 0 aliphatic carbocycles. The summed E-state index contributed by atoms with van der Waals surface area (Å²) in [5, 5.41) is 0. The van der Waals surface area contributed by atoms with Gasteiger partial charge >= 0.3 is 52.0 Å². The summed E-state index contributed by atoms with van der Waals surface area (Å²) in [6.07, 6.45) is 0. The molecule has 0 aliphatic rings. The van der Waals surface area contributed by atoms with Gasteiger partial charge in [-0.25, -0.2) is 0 Å². The zero-order valence-electron chi connectivity index (χ0n) is 2.08. The van der Waals surface area contributed by atoms with Gasteiger partial charge in [-0.05, 0) is 0 Å². The van der Waals surface area contributed by atoms with E-state index in [9.17, 15) is 0 Å². The number of hydrogen-bond acceptors (Lipinski definition) is 0. The molecule has 0 aromatic rings. The Morgan fingerprint density at radius 1 is 1.00 bits per heavy atom. The van der Waals surface area contributed by atoms with Crippen molar-refractivity contribution in [3.8, 4) is 0 Å². The second-order valence-electron chi connectivity index (χ2n) is 0.433. The van der Waals surface area contributed by atoms with E-state index in [-0.39, 0.29) is 0 Å². The van der Waals surface area contributed by atoms with Crippen molar-refractivity contribution in [3.63, 3.8) is 0 Å². The average Bonchev–Trinajstić information content (AvgIpc) is 0.811. The van der Waals surface area contributed by atoms with Crippen LogP contribution in [0, 0.1) is 0 Å². The maximum absolute atomic E-state index is 2.17. The first-order valence-electron chi connectivity index (χ1n) is 0.866. The van der Waals surface area contributed by atoms with Gasteiger partial charge in [0.25, 0.3) is 0 Å². The molecule has 0 fully saturated rings. The van der Waals surface area contributed by atoms with E-state index >= 15 is 0 Å². The summed E-state index contributed by atoms with van der Waals surface area (Å²) >= 11 is 6.50. The van der Waals surface area contributed by atoms with Gasteiger partial charge in [0, 0.05) is 0 Å². The van der Waals surface area contributed by atoms with E-state index in [1.807, 2.05) is 0 Å². The fourth-order valence-electron chi connectivity index (χ4n) is 0. The molecular formula is CHGe3. The SMILES string of the molecule is [Ge][CH]([Ge])[Ge].